The number of hydrogen-bond donors (Lipinski definition) is 1. The van der Waals surface area contributed by atoms with E-state index < -0.39 is 0 Å². The van der Waals surface area contributed by atoms with Crippen LogP contribution in [0, 0.1) is 6.92 Å². The lowest BCUT2D eigenvalue weighted by Crippen LogP contribution is -2.37. The normalized spacial score (nSPS) is 16.1. The third-order valence-electron chi connectivity index (χ3n) is 5.89. The van der Waals surface area contributed by atoms with Crippen LogP contribution in [0.5, 0.6) is 0 Å². The van der Waals surface area contributed by atoms with Crippen LogP contribution in [0.2, 0.25) is 0 Å². The van der Waals surface area contributed by atoms with Crippen molar-refractivity contribution in [3.63, 3.8) is 0 Å². The first-order valence-corrected chi connectivity index (χ1v) is 10.8. The minimum Gasteiger partial charge on any atom is -0.385 e. The van der Waals surface area contributed by atoms with Crippen molar-refractivity contribution in [2.75, 3.05) is 44.1 Å². The number of ether oxygens (including phenoxy) is 2. The molecule has 1 N–H and O–H groups in total. The molecule has 0 bridgehead atoms. The number of hydrogen-bond acceptors (Lipinski definition) is 8. The van der Waals surface area contributed by atoms with Gasteiger partial charge in [-0.3, -0.25) is 0 Å². The number of aryl methyl sites for hydroxylation is 1. The number of piperidine rings is 1. The molecule has 3 aromatic heterocycles. The third kappa shape index (κ3) is 4.77. The molecule has 31 heavy (non-hydrogen) atoms. The predicted octanol–water partition coefficient (Wildman–Crippen LogP) is 3.49. The van der Waals surface area contributed by atoms with Crippen LogP contribution in [0.4, 0.5) is 17.6 Å². The van der Waals surface area contributed by atoms with Gasteiger partial charge in [-0.25, -0.2) is 15.0 Å². The molecule has 9 heteroatoms. The number of fused-ring (bicyclic) bond motifs is 1. The fourth-order valence-corrected chi connectivity index (χ4v) is 4.15. The summed E-state index contributed by atoms with van der Waals surface area (Å²) in [5, 5.41) is 3.33. The molecule has 3 aromatic rings. The average molecular weight is 426 g/mol. The Morgan fingerprint density at radius 1 is 1.16 bits per heavy atom. The van der Waals surface area contributed by atoms with Gasteiger partial charge in [0.15, 0.2) is 0 Å². The minimum absolute atomic E-state index is 0.279. The summed E-state index contributed by atoms with van der Waals surface area (Å²) in [5.74, 6) is 3.16. The van der Waals surface area contributed by atoms with Gasteiger partial charge < -0.3 is 24.3 Å². The Balaban J connectivity index is 1.53. The Labute approximate surface area is 182 Å². The van der Waals surface area contributed by atoms with Crippen molar-refractivity contribution in [3.05, 3.63) is 30.4 Å². The van der Waals surface area contributed by atoms with E-state index in [4.69, 9.17) is 14.5 Å². The Hall–Kier alpha value is -2.78. The molecular formula is C22H31N7O2. The van der Waals surface area contributed by atoms with Gasteiger partial charge in [0.1, 0.15) is 23.0 Å². The van der Waals surface area contributed by atoms with Gasteiger partial charge >= 0.3 is 0 Å². The van der Waals surface area contributed by atoms with Crippen molar-refractivity contribution in [2.45, 2.75) is 45.3 Å². The average Bonchev–Trinajstić information content (AvgIpc) is 3.13. The van der Waals surface area contributed by atoms with E-state index >= 15 is 0 Å². The monoisotopic (exact) mass is 425 g/mol. The molecule has 1 fully saturated rings. The van der Waals surface area contributed by atoms with Crippen LogP contribution in [0.15, 0.2) is 24.5 Å². The highest BCUT2D eigenvalue weighted by Gasteiger charge is 2.21. The van der Waals surface area contributed by atoms with Gasteiger partial charge in [-0.2, -0.15) is 4.98 Å². The lowest BCUT2D eigenvalue weighted by atomic mass is 10.1. The van der Waals surface area contributed by atoms with E-state index in [1.54, 1.807) is 20.4 Å². The molecule has 9 nitrogen and oxygen atoms in total. The molecule has 1 aliphatic heterocycles. The van der Waals surface area contributed by atoms with Gasteiger partial charge in [0.05, 0.1) is 17.8 Å². The zero-order valence-corrected chi connectivity index (χ0v) is 18.7. The number of nitrogens with one attached hydrogen (secondary N) is 1. The SMILES string of the molecule is COCCC(C)n1c(C)nc2cnc(Nc3ccnc(N4CCC(OC)CC4)n3)cc21. The maximum Gasteiger partial charge on any atom is 0.227 e. The van der Waals surface area contributed by atoms with Crippen LogP contribution in [0.3, 0.4) is 0 Å². The van der Waals surface area contributed by atoms with Crippen LogP contribution in [0.25, 0.3) is 11.0 Å². The van der Waals surface area contributed by atoms with Crippen LogP contribution in [-0.4, -0.2) is 64.5 Å². The molecule has 0 amide bonds. The molecule has 0 spiro atoms. The molecule has 1 saturated heterocycles. The van der Waals surface area contributed by atoms with E-state index in [9.17, 15) is 0 Å². The van der Waals surface area contributed by atoms with Crippen LogP contribution >= 0.6 is 0 Å². The van der Waals surface area contributed by atoms with Crippen molar-refractivity contribution < 1.29 is 9.47 Å². The topological polar surface area (TPSA) is 90.2 Å². The van der Waals surface area contributed by atoms with E-state index in [0.29, 0.717) is 12.7 Å². The highest BCUT2D eigenvalue weighted by atomic mass is 16.5. The summed E-state index contributed by atoms with van der Waals surface area (Å²) >= 11 is 0. The second-order valence-electron chi connectivity index (χ2n) is 8.01. The zero-order chi connectivity index (χ0) is 21.8. The van der Waals surface area contributed by atoms with Gasteiger partial charge in [-0.15, -0.1) is 0 Å². The molecule has 1 atom stereocenters. The highest BCUT2D eigenvalue weighted by molar-refractivity contribution is 5.79. The van der Waals surface area contributed by atoms with Crippen molar-refractivity contribution in [1.29, 1.82) is 0 Å². The first-order valence-electron chi connectivity index (χ1n) is 10.8. The molecule has 1 aliphatic rings. The molecule has 0 aromatic carbocycles. The number of pyridine rings is 1. The summed E-state index contributed by atoms with van der Waals surface area (Å²) < 4.78 is 13.0. The van der Waals surface area contributed by atoms with Gasteiger partial charge in [-0.1, -0.05) is 0 Å². The molecule has 166 valence electrons. The number of imidazole rings is 1. The van der Waals surface area contributed by atoms with Gasteiger partial charge in [0.25, 0.3) is 0 Å². The number of methoxy groups -OCH3 is 2. The summed E-state index contributed by atoms with van der Waals surface area (Å²) in [6.07, 6.45) is 6.81. The van der Waals surface area contributed by atoms with Crippen molar-refractivity contribution >= 4 is 28.6 Å². The first-order chi connectivity index (χ1) is 15.1. The Bertz CT molecular complexity index is 1010. The van der Waals surface area contributed by atoms with E-state index in [2.05, 4.69) is 36.7 Å². The van der Waals surface area contributed by atoms with E-state index in [1.807, 2.05) is 25.3 Å². The fourth-order valence-electron chi connectivity index (χ4n) is 4.15. The maximum atomic E-state index is 5.46. The van der Waals surface area contributed by atoms with Crippen LogP contribution in [0.1, 0.15) is 38.1 Å². The number of rotatable bonds is 8. The van der Waals surface area contributed by atoms with Crippen LogP contribution < -0.4 is 10.2 Å². The number of nitrogens with zero attached hydrogens (tertiary/aromatic N) is 6. The van der Waals surface area contributed by atoms with Crippen molar-refractivity contribution in [1.82, 2.24) is 24.5 Å². The molecule has 4 rings (SSSR count). The van der Waals surface area contributed by atoms with E-state index in [-0.39, 0.29) is 6.04 Å². The molecule has 0 saturated carbocycles. The Kier molecular flexibility index (Phi) is 6.62. The number of aromatic nitrogens is 5. The molecular weight excluding hydrogens is 394 g/mol. The lowest BCUT2D eigenvalue weighted by molar-refractivity contribution is 0.0816. The zero-order valence-electron chi connectivity index (χ0n) is 18.7. The van der Waals surface area contributed by atoms with Crippen molar-refractivity contribution in [2.24, 2.45) is 0 Å². The standard InChI is InChI=1S/C22H31N7O2/c1-15(8-12-30-3)29-16(2)25-18-14-24-21(13-19(18)29)26-20-5-9-23-22(27-20)28-10-6-17(31-4)7-11-28/h5,9,13-15,17H,6-8,10-12H2,1-4H3,(H,23,24,26,27). The van der Waals surface area contributed by atoms with E-state index in [0.717, 1.165) is 66.8 Å². The predicted molar refractivity (Wildman–Crippen MR) is 121 cm³/mol. The molecule has 0 radical (unpaired) electrons. The number of anilines is 3. The van der Waals surface area contributed by atoms with Gasteiger partial charge in [0, 0.05) is 52.2 Å². The second kappa shape index (κ2) is 9.57. The quantitative estimate of drug-likeness (QED) is 0.587. The maximum absolute atomic E-state index is 5.46. The molecule has 4 heterocycles. The second-order valence-corrected chi connectivity index (χ2v) is 8.01. The summed E-state index contributed by atoms with van der Waals surface area (Å²) in [5.41, 5.74) is 1.94. The van der Waals surface area contributed by atoms with Crippen LogP contribution in [-0.2, 0) is 9.47 Å². The largest absolute Gasteiger partial charge is 0.385 e. The van der Waals surface area contributed by atoms with E-state index in [1.165, 1.54) is 0 Å². The smallest absolute Gasteiger partial charge is 0.227 e. The highest BCUT2D eigenvalue weighted by Crippen LogP contribution is 2.26. The third-order valence-corrected chi connectivity index (χ3v) is 5.89. The minimum atomic E-state index is 0.279. The van der Waals surface area contributed by atoms with Crippen molar-refractivity contribution in [3.8, 4) is 0 Å². The molecule has 0 aliphatic carbocycles. The summed E-state index contributed by atoms with van der Waals surface area (Å²) in [6, 6.07) is 4.17. The lowest BCUT2D eigenvalue weighted by Gasteiger charge is -2.31. The summed E-state index contributed by atoms with van der Waals surface area (Å²) in [4.78, 5) is 20.6. The summed E-state index contributed by atoms with van der Waals surface area (Å²) in [6.45, 7) is 6.71. The fraction of sp³-hybridized carbons (Fsp3) is 0.545. The summed E-state index contributed by atoms with van der Waals surface area (Å²) in [7, 11) is 3.50. The first kappa shape index (κ1) is 21.5. The molecule has 1 unspecified atom stereocenters. The van der Waals surface area contributed by atoms with Gasteiger partial charge in [-0.05, 0) is 39.2 Å². The Morgan fingerprint density at radius 2 is 1.97 bits per heavy atom. The Morgan fingerprint density at radius 3 is 2.71 bits per heavy atom. The van der Waals surface area contributed by atoms with Gasteiger partial charge in [0.2, 0.25) is 5.95 Å².